The van der Waals surface area contributed by atoms with Crippen LogP contribution in [-0.4, -0.2) is 27.7 Å². The van der Waals surface area contributed by atoms with Crippen LogP contribution < -0.4 is 10.1 Å². The maximum atomic E-state index is 12.9. The fourth-order valence-corrected chi connectivity index (χ4v) is 5.05. The number of carbonyl (C=O) groups is 1. The molecule has 0 spiro atoms. The van der Waals surface area contributed by atoms with Crippen molar-refractivity contribution in [3.8, 4) is 5.75 Å². The number of fused-ring (bicyclic) bond motifs is 1. The van der Waals surface area contributed by atoms with E-state index in [1.165, 1.54) is 0 Å². The minimum atomic E-state index is -0.294. The Labute approximate surface area is 189 Å². The van der Waals surface area contributed by atoms with E-state index in [-0.39, 0.29) is 11.8 Å². The summed E-state index contributed by atoms with van der Waals surface area (Å²) in [5.41, 5.74) is 3.85. The van der Waals surface area contributed by atoms with Crippen LogP contribution in [0.15, 0.2) is 65.0 Å². The van der Waals surface area contributed by atoms with Crippen molar-refractivity contribution in [1.29, 1.82) is 0 Å². The maximum absolute atomic E-state index is 12.9. The fourth-order valence-electron chi connectivity index (χ4n) is 4.07. The zero-order chi connectivity index (χ0) is 21.4. The van der Waals surface area contributed by atoms with E-state index in [2.05, 4.69) is 5.32 Å². The number of anilines is 1. The second-order valence-corrected chi connectivity index (χ2v) is 8.93. The highest BCUT2D eigenvalue weighted by atomic mass is 35.5. The highest BCUT2D eigenvalue weighted by Gasteiger charge is 2.36. The second-order valence-electron chi connectivity index (χ2n) is 7.55. The van der Waals surface area contributed by atoms with E-state index in [1.807, 2.05) is 53.2 Å². The number of halogens is 1. The Morgan fingerprint density at radius 3 is 2.84 bits per heavy atom. The molecule has 8 heteroatoms. The van der Waals surface area contributed by atoms with Crippen molar-refractivity contribution in [2.45, 2.75) is 36.2 Å². The van der Waals surface area contributed by atoms with Gasteiger partial charge in [0, 0.05) is 28.5 Å². The van der Waals surface area contributed by atoms with Crippen LogP contribution in [0.4, 0.5) is 5.95 Å². The lowest BCUT2D eigenvalue weighted by atomic mass is 9.85. The van der Waals surface area contributed by atoms with Crippen molar-refractivity contribution in [2.24, 2.45) is 0 Å². The molecule has 1 aliphatic heterocycles. The highest BCUT2D eigenvalue weighted by Crippen LogP contribution is 2.41. The molecule has 0 bridgehead atoms. The molecular weight excluding hydrogens is 432 g/mol. The predicted molar refractivity (Wildman–Crippen MR) is 122 cm³/mol. The largest absolute Gasteiger partial charge is 0.497 e. The van der Waals surface area contributed by atoms with Crippen molar-refractivity contribution in [1.82, 2.24) is 14.8 Å². The van der Waals surface area contributed by atoms with E-state index in [1.54, 1.807) is 18.9 Å². The molecular formula is C23H21ClN4O2S. The molecule has 0 saturated heterocycles. The topological polar surface area (TPSA) is 69.0 Å². The first-order valence-electron chi connectivity index (χ1n) is 10.1. The SMILES string of the molecule is COc1ccc([C@@H]2C3=C(CCCC3=O)Nc3nc(SCc4cccc(Cl)c4)nn32)cc1. The van der Waals surface area contributed by atoms with Gasteiger partial charge in [0.2, 0.25) is 11.1 Å². The summed E-state index contributed by atoms with van der Waals surface area (Å²) in [7, 11) is 1.64. The Kier molecular flexibility index (Phi) is 5.46. The zero-order valence-corrected chi connectivity index (χ0v) is 18.5. The molecule has 0 saturated carbocycles. The second kappa shape index (κ2) is 8.40. The molecule has 1 N–H and O–H groups in total. The number of methoxy groups -OCH3 is 1. The van der Waals surface area contributed by atoms with E-state index in [4.69, 9.17) is 26.4 Å². The summed E-state index contributed by atoms with van der Waals surface area (Å²) in [6.45, 7) is 0. The lowest BCUT2D eigenvalue weighted by Gasteiger charge is -2.32. The normalized spacial score (nSPS) is 17.7. The van der Waals surface area contributed by atoms with Gasteiger partial charge in [0.1, 0.15) is 11.8 Å². The summed E-state index contributed by atoms with van der Waals surface area (Å²) in [5.74, 6) is 2.33. The van der Waals surface area contributed by atoms with Crippen molar-refractivity contribution < 1.29 is 9.53 Å². The molecule has 1 atom stereocenters. The van der Waals surface area contributed by atoms with E-state index >= 15 is 0 Å². The number of aromatic nitrogens is 3. The van der Waals surface area contributed by atoms with E-state index in [0.29, 0.717) is 28.3 Å². The third kappa shape index (κ3) is 3.95. The van der Waals surface area contributed by atoms with Gasteiger partial charge in [0.25, 0.3) is 0 Å². The van der Waals surface area contributed by atoms with Gasteiger partial charge in [-0.3, -0.25) is 4.79 Å². The first kappa shape index (κ1) is 20.2. The van der Waals surface area contributed by atoms with Crippen molar-refractivity contribution in [3.63, 3.8) is 0 Å². The summed E-state index contributed by atoms with van der Waals surface area (Å²) in [4.78, 5) is 17.6. The van der Waals surface area contributed by atoms with Crippen LogP contribution in [0.1, 0.15) is 36.4 Å². The molecule has 2 aromatic carbocycles. The maximum Gasteiger partial charge on any atom is 0.227 e. The number of nitrogens with zero attached hydrogens (tertiary/aromatic N) is 3. The van der Waals surface area contributed by atoms with Gasteiger partial charge in [-0.25, -0.2) is 4.68 Å². The van der Waals surface area contributed by atoms with Crippen molar-refractivity contribution in [3.05, 3.63) is 76.0 Å². The van der Waals surface area contributed by atoms with Crippen LogP contribution in [0, 0.1) is 0 Å². The Morgan fingerprint density at radius 1 is 1.23 bits per heavy atom. The van der Waals surface area contributed by atoms with Gasteiger partial charge in [0.15, 0.2) is 5.78 Å². The minimum absolute atomic E-state index is 0.170. The first-order chi connectivity index (χ1) is 15.1. The van der Waals surface area contributed by atoms with Gasteiger partial charge < -0.3 is 10.1 Å². The first-order valence-corrected chi connectivity index (χ1v) is 11.5. The van der Waals surface area contributed by atoms with Gasteiger partial charge in [-0.05, 0) is 48.2 Å². The minimum Gasteiger partial charge on any atom is -0.497 e. The van der Waals surface area contributed by atoms with Gasteiger partial charge in [-0.2, -0.15) is 4.98 Å². The third-order valence-corrected chi connectivity index (χ3v) is 6.68. The average Bonchev–Trinajstić information content (AvgIpc) is 3.19. The standard InChI is InChI=1S/C23H21ClN4O2S/c1-30-17-10-8-15(9-11-17)21-20-18(6-3-7-19(20)29)25-22-26-23(27-28(21)22)31-13-14-4-2-5-16(24)12-14/h2,4-5,8-12,21H,3,6-7,13H2,1H3,(H,25,26,27)/t21-/m1/s1. The molecule has 0 fully saturated rings. The van der Waals surface area contributed by atoms with E-state index < -0.39 is 0 Å². The monoisotopic (exact) mass is 452 g/mol. The van der Waals surface area contributed by atoms with E-state index in [9.17, 15) is 4.79 Å². The Hall–Kier alpha value is -2.77. The molecule has 1 aromatic heterocycles. The number of benzene rings is 2. The fraction of sp³-hybridized carbons (Fsp3) is 0.261. The van der Waals surface area contributed by atoms with Crippen LogP contribution in [0.3, 0.4) is 0 Å². The third-order valence-electron chi connectivity index (χ3n) is 5.54. The molecule has 6 nitrogen and oxygen atoms in total. The van der Waals surface area contributed by atoms with Crippen LogP contribution in [-0.2, 0) is 10.5 Å². The number of nitrogens with one attached hydrogen (secondary N) is 1. The highest BCUT2D eigenvalue weighted by molar-refractivity contribution is 7.98. The quantitative estimate of drug-likeness (QED) is 0.533. The number of carbonyl (C=O) groups excluding carboxylic acids is 1. The average molecular weight is 453 g/mol. The molecule has 0 amide bonds. The molecule has 5 rings (SSSR count). The van der Waals surface area contributed by atoms with Crippen molar-refractivity contribution >= 4 is 35.1 Å². The van der Waals surface area contributed by atoms with Crippen molar-refractivity contribution in [2.75, 3.05) is 12.4 Å². The van der Waals surface area contributed by atoms with E-state index in [0.717, 1.165) is 41.0 Å². The molecule has 31 heavy (non-hydrogen) atoms. The zero-order valence-electron chi connectivity index (χ0n) is 17.0. The van der Waals surface area contributed by atoms with Crippen LogP contribution in [0.5, 0.6) is 5.75 Å². The molecule has 3 aromatic rings. The lowest BCUT2D eigenvalue weighted by molar-refractivity contribution is -0.116. The summed E-state index contributed by atoms with van der Waals surface area (Å²) in [6.07, 6.45) is 2.25. The van der Waals surface area contributed by atoms with Gasteiger partial charge in [-0.1, -0.05) is 47.6 Å². The molecule has 0 unspecified atom stereocenters. The Morgan fingerprint density at radius 2 is 2.06 bits per heavy atom. The summed E-state index contributed by atoms with van der Waals surface area (Å²) >= 11 is 7.65. The van der Waals surface area contributed by atoms with Gasteiger partial charge in [0.05, 0.1) is 7.11 Å². The number of thioether (sulfide) groups is 1. The molecule has 2 aliphatic rings. The summed E-state index contributed by atoms with van der Waals surface area (Å²) in [5, 5.41) is 9.51. The molecule has 1 aliphatic carbocycles. The smallest absolute Gasteiger partial charge is 0.227 e. The number of ketones is 1. The van der Waals surface area contributed by atoms with Crippen LogP contribution in [0.2, 0.25) is 5.02 Å². The van der Waals surface area contributed by atoms with Crippen LogP contribution in [0.25, 0.3) is 0 Å². The lowest BCUT2D eigenvalue weighted by Crippen LogP contribution is -2.31. The summed E-state index contributed by atoms with van der Waals surface area (Å²) < 4.78 is 7.14. The van der Waals surface area contributed by atoms with Gasteiger partial charge in [-0.15, -0.1) is 5.10 Å². The molecule has 2 heterocycles. The number of Topliss-reactive ketones (excluding diaryl/α,β-unsaturated/α-hetero) is 1. The number of ether oxygens (including phenoxy) is 1. The van der Waals surface area contributed by atoms with Crippen LogP contribution >= 0.6 is 23.4 Å². The Balaban J connectivity index is 1.50. The number of allylic oxidation sites excluding steroid dienone is 2. The number of hydrogen-bond donors (Lipinski definition) is 1. The molecule has 158 valence electrons. The number of hydrogen-bond acceptors (Lipinski definition) is 6. The number of rotatable bonds is 5. The van der Waals surface area contributed by atoms with Gasteiger partial charge >= 0.3 is 0 Å². The summed E-state index contributed by atoms with van der Waals surface area (Å²) in [6, 6.07) is 15.3. The Bertz CT molecular complexity index is 1170. The molecule has 0 radical (unpaired) electrons. The predicted octanol–water partition coefficient (Wildman–Crippen LogP) is 5.25.